The van der Waals surface area contributed by atoms with Gasteiger partial charge in [-0.1, -0.05) is 17.8 Å². The summed E-state index contributed by atoms with van der Waals surface area (Å²) < 4.78 is 10.8. The second kappa shape index (κ2) is 8.32. The van der Waals surface area contributed by atoms with E-state index in [9.17, 15) is 4.79 Å². The van der Waals surface area contributed by atoms with Crippen molar-refractivity contribution in [2.45, 2.75) is 24.8 Å². The molecule has 1 aromatic carbocycles. The molecule has 2 aromatic rings. The zero-order valence-electron chi connectivity index (χ0n) is 15.9. The summed E-state index contributed by atoms with van der Waals surface area (Å²) in [6.45, 7) is 8.20. The van der Waals surface area contributed by atoms with E-state index in [1.165, 1.54) is 11.8 Å². The first kappa shape index (κ1) is 20.4. The molecule has 0 saturated heterocycles. The minimum atomic E-state index is -0.758. The van der Waals surface area contributed by atoms with E-state index in [2.05, 4.69) is 28.4 Å². The number of halogens is 1. The van der Waals surface area contributed by atoms with Crippen LogP contribution in [0.15, 0.2) is 47.0 Å². The monoisotopic (exact) mass is 419 g/mol. The van der Waals surface area contributed by atoms with Gasteiger partial charge in [-0.05, 0) is 61.6 Å². The largest absolute Gasteiger partial charge is 0.470 e. The number of ether oxygens (including phenoxy) is 1. The van der Waals surface area contributed by atoms with Gasteiger partial charge in [0, 0.05) is 23.9 Å². The smallest absolute Gasteiger partial charge is 0.272 e. The van der Waals surface area contributed by atoms with Gasteiger partial charge in [-0.3, -0.25) is 4.79 Å². The van der Waals surface area contributed by atoms with Crippen molar-refractivity contribution in [3.63, 3.8) is 0 Å². The number of hydrogen-bond acceptors (Lipinski definition) is 6. The molecule has 1 aliphatic heterocycles. The summed E-state index contributed by atoms with van der Waals surface area (Å²) in [5.74, 6) is 0.341. The highest BCUT2D eigenvalue weighted by Gasteiger charge is 2.31. The average Bonchev–Trinajstić information content (AvgIpc) is 3.12. The molecule has 1 aromatic heterocycles. The molecule has 1 atom stereocenters. The number of nitrogens with zero attached hydrogens (tertiary/aromatic N) is 1. The maximum atomic E-state index is 12.8. The highest BCUT2D eigenvalue weighted by atomic mass is 35.5. The van der Waals surface area contributed by atoms with E-state index in [0.29, 0.717) is 11.4 Å². The van der Waals surface area contributed by atoms with Crippen molar-refractivity contribution in [3.05, 3.63) is 59.0 Å². The van der Waals surface area contributed by atoms with E-state index in [-0.39, 0.29) is 11.1 Å². The van der Waals surface area contributed by atoms with Crippen molar-refractivity contribution >= 4 is 41.0 Å². The second-order valence-electron chi connectivity index (χ2n) is 6.84. The summed E-state index contributed by atoms with van der Waals surface area (Å²) in [7, 11) is 0. The van der Waals surface area contributed by atoms with Crippen LogP contribution in [0.4, 0.5) is 5.69 Å². The Morgan fingerprint density at radius 2 is 2.29 bits per heavy atom. The molecule has 0 aliphatic carbocycles. The van der Waals surface area contributed by atoms with Crippen molar-refractivity contribution in [2.75, 3.05) is 18.1 Å². The van der Waals surface area contributed by atoms with Crippen LogP contribution in [0.2, 0.25) is 5.22 Å². The fourth-order valence-corrected chi connectivity index (χ4v) is 3.40. The Balaban J connectivity index is 1.73. The third-order valence-corrected chi connectivity index (χ3v) is 5.25. The second-order valence-corrected chi connectivity index (χ2v) is 8.11. The Kier molecular flexibility index (Phi) is 6.05. The van der Waals surface area contributed by atoms with Crippen LogP contribution in [-0.2, 0) is 10.3 Å². The molecular weight excluding hydrogens is 398 g/mol. The lowest BCUT2D eigenvalue weighted by molar-refractivity contribution is -0.126. The lowest BCUT2D eigenvalue weighted by Crippen LogP contribution is -2.46. The van der Waals surface area contributed by atoms with E-state index < -0.39 is 11.0 Å². The highest BCUT2D eigenvalue weighted by Crippen LogP contribution is 2.30. The molecule has 28 heavy (non-hydrogen) atoms. The van der Waals surface area contributed by atoms with Crippen LogP contribution >= 0.6 is 23.4 Å². The summed E-state index contributed by atoms with van der Waals surface area (Å²) >= 11 is 7.10. The third-order valence-electron chi connectivity index (χ3n) is 4.34. The topological polar surface area (TPSA) is 76.4 Å². The van der Waals surface area contributed by atoms with Gasteiger partial charge in [0.15, 0.2) is 0 Å². The predicted octanol–water partition coefficient (Wildman–Crippen LogP) is 4.44. The van der Waals surface area contributed by atoms with E-state index >= 15 is 0 Å². The third kappa shape index (κ3) is 4.54. The Hall–Kier alpha value is -2.38. The number of anilines is 1. The maximum absolute atomic E-state index is 12.8. The molecule has 2 N–H and O–H groups in total. The van der Waals surface area contributed by atoms with Crippen molar-refractivity contribution in [3.8, 4) is 5.75 Å². The lowest BCUT2D eigenvalue weighted by atomic mass is 10.0. The van der Waals surface area contributed by atoms with Gasteiger partial charge in [-0.25, -0.2) is 0 Å². The molecule has 2 heterocycles. The van der Waals surface area contributed by atoms with Gasteiger partial charge in [-0.2, -0.15) is 0 Å². The molecule has 0 saturated carbocycles. The number of carbonyl (C=O) groups is 1. The highest BCUT2D eigenvalue weighted by molar-refractivity contribution is 7.99. The van der Waals surface area contributed by atoms with Crippen LogP contribution in [0.3, 0.4) is 0 Å². The van der Waals surface area contributed by atoms with Crippen LogP contribution in [0, 0.1) is 0 Å². The molecule has 1 amide bonds. The molecular formula is C20H22ClN3O3S. The van der Waals surface area contributed by atoms with Gasteiger partial charge in [0.1, 0.15) is 11.4 Å². The average molecular weight is 420 g/mol. The first-order chi connectivity index (χ1) is 13.3. The number of nitrogens with one attached hydrogen (secondary N) is 2. The first-order valence-corrected chi connectivity index (χ1v) is 10.3. The Morgan fingerprint density at radius 3 is 2.93 bits per heavy atom. The van der Waals surface area contributed by atoms with E-state index in [0.717, 1.165) is 23.4 Å². The van der Waals surface area contributed by atoms with Gasteiger partial charge in [0.25, 0.3) is 5.91 Å². The van der Waals surface area contributed by atoms with Crippen LogP contribution in [0.25, 0.3) is 6.08 Å². The Bertz CT molecular complexity index is 923. The molecule has 0 radical (unpaired) electrons. The molecule has 0 bridgehead atoms. The fraction of sp³-hybridized carbons (Fsp3) is 0.300. The maximum Gasteiger partial charge on any atom is 0.272 e. The molecule has 148 valence electrons. The number of fused-ring (bicyclic) bond motifs is 1. The standard InChI is InChI=1S/C20H22ClN3O3S/c1-5-12-8-13-9-14(6-7-15(13)22-11-12)26-19(28-4)18(25)23-20(2,3)16-10-17(21)27-24-16/h5-10,19,22H,1,11H2,2-4H3,(H,23,25). The number of benzene rings is 1. The normalized spacial score (nSPS) is 14.4. The van der Waals surface area contributed by atoms with Gasteiger partial charge in [0.2, 0.25) is 10.7 Å². The summed E-state index contributed by atoms with van der Waals surface area (Å²) in [6, 6.07) is 7.27. The quantitative estimate of drug-likeness (QED) is 0.646. The molecule has 0 spiro atoms. The molecule has 8 heteroatoms. The molecule has 1 aliphatic rings. The van der Waals surface area contributed by atoms with Crippen LogP contribution in [-0.4, -0.2) is 29.3 Å². The molecule has 0 fully saturated rings. The molecule has 6 nitrogen and oxygen atoms in total. The minimum absolute atomic E-state index is 0.171. The number of aromatic nitrogens is 1. The van der Waals surface area contributed by atoms with Gasteiger partial charge < -0.3 is 19.9 Å². The summed E-state index contributed by atoms with van der Waals surface area (Å²) in [5.41, 5.74) is 2.17. The summed E-state index contributed by atoms with van der Waals surface area (Å²) in [6.07, 6.45) is 5.69. The van der Waals surface area contributed by atoms with Crippen molar-refractivity contribution in [1.29, 1.82) is 0 Å². The van der Waals surface area contributed by atoms with Crippen molar-refractivity contribution < 1.29 is 14.1 Å². The van der Waals surface area contributed by atoms with Gasteiger partial charge >= 0.3 is 0 Å². The van der Waals surface area contributed by atoms with E-state index in [4.69, 9.17) is 20.9 Å². The zero-order valence-corrected chi connectivity index (χ0v) is 17.5. The van der Waals surface area contributed by atoms with Crippen molar-refractivity contribution in [2.24, 2.45) is 0 Å². The molecule has 1 unspecified atom stereocenters. The van der Waals surface area contributed by atoms with Gasteiger partial charge in [-0.15, -0.1) is 11.8 Å². The summed E-state index contributed by atoms with van der Waals surface area (Å²) in [5, 5.41) is 10.3. The van der Waals surface area contributed by atoms with Crippen LogP contribution in [0.5, 0.6) is 5.75 Å². The minimum Gasteiger partial charge on any atom is -0.470 e. The zero-order chi connectivity index (χ0) is 20.3. The number of thioether (sulfide) groups is 1. The lowest BCUT2D eigenvalue weighted by Gasteiger charge is -2.26. The number of rotatable bonds is 7. The first-order valence-electron chi connectivity index (χ1n) is 8.67. The Labute approximate surface area is 173 Å². The molecule has 3 rings (SSSR count). The predicted molar refractivity (Wildman–Crippen MR) is 114 cm³/mol. The Morgan fingerprint density at radius 1 is 1.50 bits per heavy atom. The van der Waals surface area contributed by atoms with E-state index in [1.807, 2.05) is 44.4 Å². The van der Waals surface area contributed by atoms with E-state index in [1.54, 1.807) is 6.07 Å². The number of amides is 1. The van der Waals surface area contributed by atoms with Gasteiger partial charge in [0.05, 0.1) is 5.54 Å². The van der Waals surface area contributed by atoms with Crippen molar-refractivity contribution in [1.82, 2.24) is 10.5 Å². The summed E-state index contributed by atoms with van der Waals surface area (Å²) in [4.78, 5) is 12.8. The fourth-order valence-electron chi connectivity index (χ4n) is 2.78. The number of carbonyl (C=O) groups excluding carboxylic acids is 1. The van der Waals surface area contributed by atoms with Crippen LogP contribution < -0.4 is 15.4 Å². The number of hydrogen-bond donors (Lipinski definition) is 2. The SMILES string of the molecule is C=CC1=Cc2cc(OC(SC)C(=O)NC(C)(C)c3cc(Cl)on3)ccc2NC1. The van der Waals surface area contributed by atoms with Crippen LogP contribution in [0.1, 0.15) is 25.1 Å².